The predicted molar refractivity (Wildman–Crippen MR) is 79.2 cm³/mol. The number of esters is 1. The van der Waals surface area contributed by atoms with Crippen molar-refractivity contribution in [2.24, 2.45) is 0 Å². The van der Waals surface area contributed by atoms with E-state index in [0.29, 0.717) is 0 Å². The maximum absolute atomic E-state index is 11.1. The Morgan fingerprint density at radius 2 is 0.962 bits per heavy atom. The van der Waals surface area contributed by atoms with Crippen molar-refractivity contribution in [2.75, 3.05) is 13.7 Å². The van der Waals surface area contributed by atoms with Gasteiger partial charge in [-0.1, -0.05) is 0 Å². The Morgan fingerprint density at radius 3 is 1.27 bits per heavy atom. The van der Waals surface area contributed by atoms with Crippen molar-refractivity contribution in [1.82, 2.24) is 0 Å². The van der Waals surface area contributed by atoms with Gasteiger partial charge in [0.05, 0.1) is 13.7 Å². The summed E-state index contributed by atoms with van der Waals surface area (Å²) in [6.07, 6.45) is -23.0. The van der Waals surface area contributed by atoms with Crippen molar-refractivity contribution >= 4 is 5.97 Å². The lowest BCUT2D eigenvalue weighted by atomic mass is 9.91. The van der Waals surface area contributed by atoms with E-state index in [1.54, 1.807) is 0 Å². The first-order valence-electron chi connectivity index (χ1n) is 7.41. The van der Waals surface area contributed by atoms with E-state index in [9.17, 15) is 50.8 Å². The lowest BCUT2D eigenvalue weighted by Gasteiger charge is -2.34. The highest BCUT2D eigenvalue weighted by Crippen LogP contribution is 2.17. The zero-order valence-electron chi connectivity index (χ0n) is 13.7. The van der Waals surface area contributed by atoms with Crippen LogP contribution in [0.25, 0.3) is 0 Å². The molecule has 0 aromatic heterocycles. The van der Waals surface area contributed by atoms with E-state index in [2.05, 4.69) is 4.74 Å². The van der Waals surface area contributed by atoms with Crippen LogP contribution in [0.1, 0.15) is 0 Å². The minimum Gasteiger partial charge on any atom is -0.467 e. The number of carbonyl (C=O) groups is 1. The van der Waals surface area contributed by atoms with Gasteiger partial charge in [-0.3, -0.25) is 0 Å². The number of aliphatic hydroxyl groups is 11. The number of hydrogen-bond acceptors (Lipinski definition) is 13. The van der Waals surface area contributed by atoms with E-state index in [-0.39, 0.29) is 0 Å². The third kappa shape index (κ3) is 6.04. The highest BCUT2D eigenvalue weighted by Gasteiger charge is 2.44. The van der Waals surface area contributed by atoms with Gasteiger partial charge in [0.25, 0.3) is 0 Å². The van der Waals surface area contributed by atoms with Gasteiger partial charge in [-0.2, -0.15) is 0 Å². The fraction of sp³-hybridized carbons (Fsp3) is 0.923. The largest absolute Gasteiger partial charge is 0.467 e. The molecular weight excluding hydrogens is 364 g/mol. The summed E-state index contributed by atoms with van der Waals surface area (Å²) in [5, 5.41) is 104. The average molecular weight is 390 g/mol. The van der Waals surface area contributed by atoms with Crippen molar-refractivity contribution < 1.29 is 65.7 Å². The number of methoxy groups -OCH3 is 1. The molecule has 156 valence electrons. The molecule has 10 unspecified atom stereocenters. The van der Waals surface area contributed by atoms with Crippen molar-refractivity contribution in [2.45, 2.75) is 61.0 Å². The SMILES string of the molecule is COC(=O)C(O)C(O)C(O)C(O)C(O)C(O)C(O)C(O)C(O)C(O)CO. The van der Waals surface area contributed by atoms with Gasteiger partial charge < -0.3 is 60.9 Å². The van der Waals surface area contributed by atoms with Crippen molar-refractivity contribution in [3.63, 3.8) is 0 Å². The molecular formula is C13H26O13. The summed E-state index contributed by atoms with van der Waals surface area (Å²) in [7, 11) is 0.865. The zero-order chi connectivity index (χ0) is 20.8. The molecule has 0 aromatic rings. The molecule has 26 heavy (non-hydrogen) atoms. The summed E-state index contributed by atoms with van der Waals surface area (Å²) in [5.41, 5.74) is 0. The number of ether oxygens (including phenoxy) is 1. The summed E-state index contributed by atoms with van der Waals surface area (Å²) in [6.45, 7) is -0.997. The van der Waals surface area contributed by atoms with Crippen molar-refractivity contribution in [3.8, 4) is 0 Å². The third-order valence-corrected chi connectivity index (χ3v) is 3.80. The van der Waals surface area contributed by atoms with E-state index in [1.165, 1.54) is 0 Å². The summed E-state index contributed by atoms with van der Waals surface area (Å²) in [4.78, 5) is 11.1. The molecule has 0 rings (SSSR count). The van der Waals surface area contributed by atoms with Crippen LogP contribution in [0.15, 0.2) is 0 Å². The molecule has 13 nitrogen and oxygen atoms in total. The molecule has 11 N–H and O–H groups in total. The van der Waals surface area contributed by atoms with Crippen LogP contribution in [-0.4, -0.2) is 137 Å². The van der Waals surface area contributed by atoms with E-state index in [4.69, 9.17) is 10.2 Å². The summed E-state index contributed by atoms with van der Waals surface area (Å²) >= 11 is 0. The Labute approximate surface area is 147 Å². The molecule has 0 spiro atoms. The Kier molecular flexibility index (Phi) is 10.6. The molecule has 0 aliphatic heterocycles. The predicted octanol–water partition coefficient (Wildman–Crippen LogP) is -7.24. The van der Waals surface area contributed by atoms with Crippen LogP contribution in [0.4, 0.5) is 0 Å². The van der Waals surface area contributed by atoms with Crippen LogP contribution in [0, 0.1) is 0 Å². The second-order valence-corrected chi connectivity index (χ2v) is 5.64. The molecule has 0 aliphatic rings. The Morgan fingerprint density at radius 1 is 0.654 bits per heavy atom. The molecule has 0 aromatic carbocycles. The first kappa shape index (κ1) is 25.0. The maximum Gasteiger partial charge on any atom is 0.337 e. The molecule has 13 heteroatoms. The van der Waals surface area contributed by atoms with Crippen LogP contribution < -0.4 is 0 Å². The smallest absolute Gasteiger partial charge is 0.337 e. The molecule has 0 radical (unpaired) electrons. The van der Waals surface area contributed by atoms with Crippen LogP contribution in [0.2, 0.25) is 0 Å². The average Bonchev–Trinajstić information content (AvgIpc) is 2.66. The highest BCUT2D eigenvalue weighted by molar-refractivity contribution is 5.75. The fourth-order valence-corrected chi connectivity index (χ4v) is 1.99. The second kappa shape index (κ2) is 11.0. The monoisotopic (exact) mass is 390 g/mol. The quantitative estimate of drug-likeness (QED) is 0.147. The number of hydrogen-bond donors (Lipinski definition) is 11. The maximum atomic E-state index is 11.1. The van der Waals surface area contributed by atoms with Gasteiger partial charge in [0, 0.05) is 0 Å². The van der Waals surface area contributed by atoms with Gasteiger partial charge in [0.1, 0.15) is 54.9 Å². The van der Waals surface area contributed by atoms with Crippen molar-refractivity contribution in [1.29, 1.82) is 0 Å². The molecule has 0 fully saturated rings. The van der Waals surface area contributed by atoms with E-state index in [0.717, 1.165) is 7.11 Å². The highest BCUT2D eigenvalue weighted by atomic mass is 16.5. The Bertz CT molecular complexity index is 421. The molecule has 0 aliphatic carbocycles. The number of rotatable bonds is 11. The summed E-state index contributed by atoms with van der Waals surface area (Å²) in [5.74, 6) is -1.37. The third-order valence-electron chi connectivity index (χ3n) is 3.80. The van der Waals surface area contributed by atoms with Crippen LogP contribution in [0.3, 0.4) is 0 Å². The zero-order valence-corrected chi connectivity index (χ0v) is 13.7. The van der Waals surface area contributed by atoms with Gasteiger partial charge in [0.15, 0.2) is 6.10 Å². The van der Waals surface area contributed by atoms with Gasteiger partial charge in [-0.25, -0.2) is 4.79 Å². The van der Waals surface area contributed by atoms with E-state index in [1.807, 2.05) is 0 Å². The van der Waals surface area contributed by atoms with Gasteiger partial charge in [0.2, 0.25) is 0 Å². The minimum atomic E-state index is -2.44. The van der Waals surface area contributed by atoms with Gasteiger partial charge in [-0.05, 0) is 0 Å². The Balaban J connectivity index is 5.03. The molecule has 0 saturated carbocycles. The van der Waals surface area contributed by atoms with Crippen molar-refractivity contribution in [3.05, 3.63) is 0 Å². The first-order chi connectivity index (χ1) is 11.9. The minimum absolute atomic E-state index is 0.865. The Hall–Kier alpha value is -0.970. The lowest BCUT2D eigenvalue weighted by Crippen LogP contribution is -2.58. The standard InChI is InChI=1S/C13H26O13/c1-26-13(25)12(24)11(23)10(22)9(21)8(20)7(19)6(18)5(17)4(16)3(15)2-14/h3-12,14-24H,2H2,1H3. The first-order valence-corrected chi connectivity index (χ1v) is 7.41. The molecule has 0 amide bonds. The molecule has 10 atom stereocenters. The number of aliphatic hydroxyl groups excluding tert-OH is 11. The number of carbonyl (C=O) groups excluding carboxylic acids is 1. The molecule has 0 saturated heterocycles. The molecule has 0 heterocycles. The van der Waals surface area contributed by atoms with Gasteiger partial charge in [-0.15, -0.1) is 0 Å². The topological polar surface area (TPSA) is 249 Å². The summed E-state index contributed by atoms with van der Waals surface area (Å²) in [6, 6.07) is 0. The van der Waals surface area contributed by atoms with E-state index >= 15 is 0 Å². The van der Waals surface area contributed by atoms with E-state index < -0.39 is 73.6 Å². The van der Waals surface area contributed by atoms with Crippen LogP contribution >= 0.6 is 0 Å². The normalized spacial score (nSPS) is 23.7. The van der Waals surface area contributed by atoms with Crippen LogP contribution in [0.5, 0.6) is 0 Å². The van der Waals surface area contributed by atoms with Gasteiger partial charge >= 0.3 is 5.97 Å². The summed E-state index contributed by atoms with van der Waals surface area (Å²) < 4.78 is 4.10. The lowest BCUT2D eigenvalue weighted by molar-refractivity contribution is -0.195. The fourth-order valence-electron chi connectivity index (χ4n) is 1.99. The molecule has 0 bridgehead atoms. The second-order valence-electron chi connectivity index (χ2n) is 5.64. The van der Waals surface area contributed by atoms with Crippen LogP contribution in [-0.2, 0) is 9.53 Å².